The van der Waals surface area contributed by atoms with Crippen molar-refractivity contribution < 1.29 is 0 Å². The molecule has 0 atom stereocenters. The van der Waals surface area contributed by atoms with Gasteiger partial charge in [-0.3, -0.25) is 0 Å². The number of hydrogen-bond acceptors (Lipinski definition) is 2. The van der Waals surface area contributed by atoms with E-state index in [2.05, 4.69) is 16.5 Å². The molecule has 0 aliphatic carbocycles. The maximum atomic E-state index is 5.44. The highest BCUT2D eigenvalue weighted by molar-refractivity contribution is 4.98. The van der Waals surface area contributed by atoms with Crippen LogP contribution in [0.5, 0.6) is 0 Å². The summed E-state index contributed by atoms with van der Waals surface area (Å²) >= 11 is 0. The van der Waals surface area contributed by atoms with Gasteiger partial charge in [-0.2, -0.15) is 0 Å². The molecule has 13 heavy (non-hydrogen) atoms. The Bertz CT molecular complexity index is 230. The average molecular weight is 181 g/mol. The van der Waals surface area contributed by atoms with Gasteiger partial charge in [0.15, 0.2) is 0 Å². The van der Waals surface area contributed by atoms with Crippen LogP contribution in [0.2, 0.25) is 0 Å². The van der Waals surface area contributed by atoms with Crippen molar-refractivity contribution in [2.45, 2.75) is 39.2 Å². The lowest BCUT2D eigenvalue weighted by Gasteiger charge is -2.05. The average Bonchev–Trinajstić information content (AvgIpc) is 2.54. The third kappa shape index (κ3) is 3.19. The maximum absolute atomic E-state index is 5.44. The van der Waals surface area contributed by atoms with E-state index in [4.69, 9.17) is 5.73 Å². The first-order valence-electron chi connectivity index (χ1n) is 5.07. The van der Waals surface area contributed by atoms with Crippen LogP contribution in [0, 0.1) is 0 Å². The Morgan fingerprint density at radius 2 is 2.31 bits per heavy atom. The third-order valence-corrected chi connectivity index (χ3v) is 2.15. The van der Waals surface area contributed by atoms with Crippen LogP contribution in [0.1, 0.15) is 31.9 Å². The summed E-state index contributed by atoms with van der Waals surface area (Å²) in [7, 11) is 0. The standard InChI is InChI=1S/C10H19N3/c1-2-7-13-9-12-8-10(13)5-3-4-6-11/h8-9H,2-7,11H2,1H3. The molecule has 2 N–H and O–H groups in total. The Hall–Kier alpha value is -0.830. The van der Waals surface area contributed by atoms with Crippen molar-refractivity contribution in [1.82, 2.24) is 9.55 Å². The van der Waals surface area contributed by atoms with Crippen LogP contribution < -0.4 is 5.73 Å². The molecule has 0 aliphatic heterocycles. The number of nitrogens with two attached hydrogens (primary N) is 1. The second kappa shape index (κ2) is 5.75. The lowest BCUT2D eigenvalue weighted by Crippen LogP contribution is -2.03. The van der Waals surface area contributed by atoms with Gasteiger partial charge >= 0.3 is 0 Å². The Morgan fingerprint density at radius 1 is 1.46 bits per heavy atom. The summed E-state index contributed by atoms with van der Waals surface area (Å²) in [5.74, 6) is 0. The fourth-order valence-electron chi connectivity index (χ4n) is 1.45. The second-order valence-corrected chi connectivity index (χ2v) is 3.32. The summed E-state index contributed by atoms with van der Waals surface area (Å²) < 4.78 is 2.23. The van der Waals surface area contributed by atoms with E-state index in [1.165, 1.54) is 18.5 Å². The van der Waals surface area contributed by atoms with Gasteiger partial charge in [-0.15, -0.1) is 0 Å². The van der Waals surface area contributed by atoms with Gasteiger partial charge in [0.1, 0.15) is 0 Å². The highest BCUT2D eigenvalue weighted by Crippen LogP contribution is 2.05. The van der Waals surface area contributed by atoms with E-state index in [1.807, 2.05) is 12.5 Å². The van der Waals surface area contributed by atoms with E-state index in [0.29, 0.717) is 0 Å². The van der Waals surface area contributed by atoms with E-state index in [9.17, 15) is 0 Å². The van der Waals surface area contributed by atoms with Gasteiger partial charge in [-0.05, 0) is 32.2 Å². The Labute approximate surface area is 80.0 Å². The van der Waals surface area contributed by atoms with Crippen LogP contribution in [-0.4, -0.2) is 16.1 Å². The molecule has 1 aromatic rings. The predicted molar refractivity (Wildman–Crippen MR) is 54.5 cm³/mol. The molecule has 0 aliphatic rings. The number of imidazole rings is 1. The molecule has 1 rings (SSSR count). The molecule has 1 aromatic heterocycles. The van der Waals surface area contributed by atoms with Crippen molar-refractivity contribution in [2.75, 3.05) is 6.54 Å². The molecule has 0 radical (unpaired) electrons. The van der Waals surface area contributed by atoms with E-state index in [1.54, 1.807) is 0 Å². The maximum Gasteiger partial charge on any atom is 0.0948 e. The van der Waals surface area contributed by atoms with Gasteiger partial charge in [0.25, 0.3) is 0 Å². The summed E-state index contributed by atoms with van der Waals surface area (Å²) in [4.78, 5) is 4.15. The minimum absolute atomic E-state index is 0.794. The first-order chi connectivity index (χ1) is 6.38. The highest BCUT2D eigenvalue weighted by Gasteiger charge is 1.99. The Kier molecular flexibility index (Phi) is 4.54. The number of rotatable bonds is 6. The molecular formula is C10H19N3. The topological polar surface area (TPSA) is 43.8 Å². The van der Waals surface area contributed by atoms with Gasteiger partial charge < -0.3 is 10.3 Å². The van der Waals surface area contributed by atoms with E-state index < -0.39 is 0 Å². The summed E-state index contributed by atoms with van der Waals surface area (Å²) in [5, 5.41) is 0. The molecule has 0 aromatic carbocycles. The smallest absolute Gasteiger partial charge is 0.0948 e. The van der Waals surface area contributed by atoms with Crippen molar-refractivity contribution in [3.63, 3.8) is 0 Å². The molecular weight excluding hydrogens is 162 g/mol. The lowest BCUT2D eigenvalue weighted by molar-refractivity contribution is 0.625. The normalized spacial score (nSPS) is 10.6. The van der Waals surface area contributed by atoms with Crippen molar-refractivity contribution in [2.24, 2.45) is 5.73 Å². The van der Waals surface area contributed by atoms with Crippen molar-refractivity contribution in [3.05, 3.63) is 18.2 Å². The van der Waals surface area contributed by atoms with Gasteiger partial charge in [-0.1, -0.05) is 6.92 Å². The van der Waals surface area contributed by atoms with Gasteiger partial charge in [0, 0.05) is 18.4 Å². The van der Waals surface area contributed by atoms with Crippen molar-refractivity contribution >= 4 is 0 Å². The molecule has 0 fully saturated rings. The molecule has 0 unspecified atom stereocenters. The molecule has 74 valence electrons. The van der Waals surface area contributed by atoms with Crippen molar-refractivity contribution in [1.29, 1.82) is 0 Å². The number of aryl methyl sites for hydroxylation is 2. The number of aromatic nitrogens is 2. The van der Waals surface area contributed by atoms with Crippen LogP contribution >= 0.6 is 0 Å². The first-order valence-corrected chi connectivity index (χ1v) is 5.07. The highest BCUT2D eigenvalue weighted by atomic mass is 15.0. The van der Waals surface area contributed by atoms with Crippen LogP contribution in [0.3, 0.4) is 0 Å². The minimum Gasteiger partial charge on any atom is -0.335 e. The van der Waals surface area contributed by atoms with Gasteiger partial charge in [0.2, 0.25) is 0 Å². The second-order valence-electron chi connectivity index (χ2n) is 3.32. The lowest BCUT2D eigenvalue weighted by atomic mass is 10.2. The Balaban J connectivity index is 2.40. The van der Waals surface area contributed by atoms with Gasteiger partial charge in [-0.25, -0.2) is 4.98 Å². The Morgan fingerprint density at radius 3 is 3.00 bits per heavy atom. The fourth-order valence-corrected chi connectivity index (χ4v) is 1.45. The number of unbranched alkanes of at least 4 members (excludes halogenated alkanes) is 1. The molecule has 0 saturated carbocycles. The van der Waals surface area contributed by atoms with E-state index >= 15 is 0 Å². The first kappa shape index (κ1) is 10.3. The van der Waals surface area contributed by atoms with Gasteiger partial charge in [0.05, 0.1) is 6.33 Å². The van der Waals surface area contributed by atoms with Crippen LogP contribution in [0.4, 0.5) is 0 Å². The number of hydrogen-bond donors (Lipinski definition) is 1. The van der Waals surface area contributed by atoms with E-state index in [-0.39, 0.29) is 0 Å². The zero-order valence-electron chi connectivity index (χ0n) is 8.37. The predicted octanol–water partition coefficient (Wildman–Crippen LogP) is 1.57. The largest absolute Gasteiger partial charge is 0.335 e. The zero-order chi connectivity index (χ0) is 9.52. The monoisotopic (exact) mass is 181 g/mol. The molecule has 3 heteroatoms. The molecule has 1 heterocycles. The summed E-state index contributed by atoms with van der Waals surface area (Å²) in [6.45, 7) is 4.06. The molecule has 0 spiro atoms. The summed E-state index contributed by atoms with van der Waals surface area (Å²) in [6, 6.07) is 0. The van der Waals surface area contributed by atoms with Crippen LogP contribution in [0.25, 0.3) is 0 Å². The van der Waals surface area contributed by atoms with Crippen LogP contribution in [-0.2, 0) is 13.0 Å². The minimum atomic E-state index is 0.794. The SMILES string of the molecule is CCCn1cncc1CCCCN. The summed E-state index contributed by atoms with van der Waals surface area (Å²) in [6.07, 6.45) is 8.44. The molecule has 0 saturated heterocycles. The number of nitrogens with zero attached hydrogens (tertiary/aromatic N) is 2. The summed E-state index contributed by atoms with van der Waals surface area (Å²) in [5.41, 5.74) is 6.79. The fraction of sp³-hybridized carbons (Fsp3) is 0.700. The quantitative estimate of drug-likeness (QED) is 0.677. The molecule has 3 nitrogen and oxygen atoms in total. The van der Waals surface area contributed by atoms with Crippen LogP contribution in [0.15, 0.2) is 12.5 Å². The molecule has 0 amide bonds. The molecule has 0 bridgehead atoms. The van der Waals surface area contributed by atoms with E-state index in [0.717, 1.165) is 25.9 Å². The third-order valence-electron chi connectivity index (χ3n) is 2.15. The van der Waals surface area contributed by atoms with Crippen molar-refractivity contribution in [3.8, 4) is 0 Å². The zero-order valence-corrected chi connectivity index (χ0v) is 8.37.